The van der Waals surface area contributed by atoms with Gasteiger partial charge in [0.25, 0.3) is 0 Å². The molecule has 0 bridgehead atoms. The third kappa shape index (κ3) is 9.31. The Morgan fingerprint density at radius 3 is 1.12 bits per heavy atom. The van der Waals surface area contributed by atoms with Crippen LogP contribution in [-0.2, 0) is 9.59 Å². The Morgan fingerprint density at radius 1 is 1.00 bits per heavy atom. The van der Waals surface area contributed by atoms with E-state index in [1.165, 1.54) is 0 Å². The van der Waals surface area contributed by atoms with E-state index in [0.717, 1.165) is 0 Å². The standard InChI is InChI=1S/C2H2O4.H2O.Pu/c3-1(4)2(5)6;;/h(H,3,4)(H,5,6);1H2;. The molecular formula is C2H4O5Pu. The van der Waals surface area contributed by atoms with E-state index in [9.17, 15) is 0 Å². The van der Waals surface area contributed by atoms with Crippen LogP contribution in [0.4, 0.5) is 0 Å². The van der Waals surface area contributed by atoms with Crippen LogP contribution in [0.1, 0.15) is 0 Å². The van der Waals surface area contributed by atoms with E-state index in [2.05, 4.69) is 0 Å². The van der Waals surface area contributed by atoms with Crippen LogP contribution in [0.15, 0.2) is 0 Å². The third-order valence-electron chi connectivity index (χ3n) is 0.183. The second kappa shape index (κ2) is 6.89. The summed E-state index contributed by atoms with van der Waals surface area (Å²) < 4.78 is 0. The SMILES string of the molecule is O.O=C(O)C(=O)O.[Pu]. The molecule has 4 N–H and O–H groups in total. The normalized spacial score (nSPS) is 5.50. The minimum atomic E-state index is -1.82. The third-order valence-corrected chi connectivity index (χ3v) is 0.183. The fourth-order valence-corrected chi connectivity index (χ4v) is 0. The average Bonchev–Trinajstić information content (AvgIpc) is 1.36. The van der Waals surface area contributed by atoms with Crippen molar-refractivity contribution in [3.8, 4) is 0 Å². The van der Waals surface area contributed by atoms with Crippen molar-refractivity contribution < 1.29 is 54.5 Å². The first-order chi connectivity index (χ1) is 2.64. The number of carbonyl (C=O) groups is 2. The molecule has 0 fully saturated rings. The molecule has 0 saturated heterocycles. The molecule has 0 aliphatic carbocycles. The zero-order valence-electron chi connectivity index (χ0n) is 3.62. The Balaban J connectivity index is -0.000000125. The van der Waals surface area contributed by atoms with Gasteiger partial charge >= 0.3 is 11.9 Å². The summed E-state index contributed by atoms with van der Waals surface area (Å²) in [7, 11) is 0. The summed E-state index contributed by atoms with van der Waals surface area (Å²) in [6.45, 7) is 0. The van der Waals surface area contributed by atoms with Crippen molar-refractivity contribution in [1.82, 2.24) is 0 Å². The summed E-state index contributed by atoms with van der Waals surface area (Å²) in [5.41, 5.74) is 0. The van der Waals surface area contributed by atoms with Gasteiger partial charge in [-0.05, 0) is 0 Å². The molecule has 5 nitrogen and oxygen atoms in total. The maximum atomic E-state index is 9.10. The van der Waals surface area contributed by atoms with E-state index in [-0.39, 0.29) is 34.7 Å². The number of aliphatic carboxylic acids is 2. The molecule has 0 aromatic rings. The number of carboxylic acid groups (broad SMARTS) is 2. The molecule has 0 spiro atoms. The van der Waals surface area contributed by atoms with E-state index >= 15 is 0 Å². The molecule has 6 heteroatoms. The van der Waals surface area contributed by atoms with Crippen LogP contribution in [0.5, 0.6) is 0 Å². The van der Waals surface area contributed by atoms with Gasteiger partial charge in [0.1, 0.15) is 0 Å². The van der Waals surface area contributed by atoms with E-state index in [1.807, 2.05) is 0 Å². The summed E-state index contributed by atoms with van der Waals surface area (Å²) in [5.74, 6) is -3.65. The van der Waals surface area contributed by atoms with Gasteiger partial charge in [-0.3, -0.25) is 0 Å². The zero-order valence-corrected chi connectivity index (χ0v) is 7.02. The summed E-state index contributed by atoms with van der Waals surface area (Å²) in [5, 5.41) is 14.8. The molecule has 0 aliphatic rings. The molecule has 0 aromatic heterocycles. The smallest absolute Gasteiger partial charge is 0.414 e. The van der Waals surface area contributed by atoms with Crippen LogP contribution < -0.4 is 0 Å². The van der Waals surface area contributed by atoms with Crippen LogP contribution in [0.25, 0.3) is 0 Å². The van der Waals surface area contributed by atoms with Gasteiger partial charge in [-0.1, -0.05) is 0 Å². The first-order valence-corrected chi connectivity index (χ1v) is 1.11. The molecule has 0 rings (SSSR count). The van der Waals surface area contributed by atoms with Crippen molar-refractivity contribution in [3.63, 3.8) is 0 Å². The predicted molar refractivity (Wildman–Crippen MR) is 18.9 cm³/mol. The molecule has 0 amide bonds. The topological polar surface area (TPSA) is 106 Å². The van der Waals surface area contributed by atoms with Gasteiger partial charge in [0.2, 0.25) is 0 Å². The van der Waals surface area contributed by atoms with Crippen molar-refractivity contribution in [1.29, 1.82) is 0 Å². The molecular weight excluding hydrogens is 348 g/mol. The molecule has 48 valence electrons. The van der Waals surface area contributed by atoms with Crippen LogP contribution >= 0.6 is 0 Å². The van der Waals surface area contributed by atoms with Gasteiger partial charge < -0.3 is 15.7 Å². The quantitative estimate of drug-likeness (QED) is 0.509. The molecule has 0 radical (unpaired) electrons. The summed E-state index contributed by atoms with van der Waals surface area (Å²) in [6.07, 6.45) is 0. The minimum Gasteiger partial charge on any atom is -0.473 e. The van der Waals surface area contributed by atoms with Crippen LogP contribution in [0.3, 0.4) is 0 Å². The first kappa shape index (κ1) is 15.7. The Bertz CT molecular complexity index is 76.4. The minimum absolute atomic E-state index is 0. The van der Waals surface area contributed by atoms with E-state index in [0.29, 0.717) is 0 Å². The van der Waals surface area contributed by atoms with Crippen LogP contribution in [-0.4, -0.2) is 27.6 Å². The maximum absolute atomic E-state index is 9.10. The largest absolute Gasteiger partial charge is 0.473 e. The monoisotopic (exact) mass is 346 g/mol. The van der Waals surface area contributed by atoms with Gasteiger partial charge in [-0.2, -0.15) is 0 Å². The summed E-state index contributed by atoms with van der Waals surface area (Å²) >= 11 is 0. The maximum Gasteiger partial charge on any atom is 0.414 e. The van der Waals surface area contributed by atoms with Crippen LogP contribution in [0.2, 0.25) is 0 Å². The summed E-state index contributed by atoms with van der Waals surface area (Å²) in [6, 6.07) is 0. The Morgan fingerprint density at radius 2 is 1.12 bits per heavy atom. The molecule has 0 unspecified atom stereocenters. The first-order valence-electron chi connectivity index (χ1n) is 1.11. The molecule has 0 aromatic carbocycles. The number of hydrogen-bond donors (Lipinski definition) is 2. The molecule has 0 heterocycles. The van der Waals surface area contributed by atoms with E-state index < -0.39 is 11.9 Å². The van der Waals surface area contributed by atoms with Crippen molar-refractivity contribution >= 4 is 11.9 Å². The van der Waals surface area contributed by atoms with Gasteiger partial charge in [0.05, 0.1) is 0 Å². The van der Waals surface area contributed by atoms with Crippen molar-refractivity contribution in [2.24, 2.45) is 0 Å². The van der Waals surface area contributed by atoms with Crippen molar-refractivity contribution in [2.75, 3.05) is 0 Å². The van der Waals surface area contributed by atoms with E-state index in [1.54, 1.807) is 0 Å². The van der Waals surface area contributed by atoms with Crippen molar-refractivity contribution in [2.45, 2.75) is 0 Å². The second-order valence-electron chi connectivity index (χ2n) is 0.610. The fraction of sp³-hybridized carbons (Fsp3) is 0. The predicted octanol–water partition coefficient (Wildman–Crippen LogP) is -1.67. The average molecular weight is 352 g/mol. The van der Waals surface area contributed by atoms with E-state index in [4.69, 9.17) is 19.8 Å². The van der Waals surface area contributed by atoms with Gasteiger partial charge in [-0.15, -0.1) is 0 Å². The fourth-order valence-electron chi connectivity index (χ4n) is 0. The Hall–Kier alpha value is -0.113. The van der Waals surface area contributed by atoms with Gasteiger partial charge in [0, 0.05) is 29.2 Å². The van der Waals surface area contributed by atoms with Crippen LogP contribution in [0, 0.1) is 29.2 Å². The summed E-state index contributed by atoms with van der Waals surface area (Å²) in [4.78, 5) is 18.2. The number of rotatable bonds is 0. The zero-order chi connectivity index (χ0) is 5.15. The Labute approximate surface area is 66.5 Å². The van der Waals surface area contributed by atoms with Gasteiger partial charge in [-0.25, -0.2) is 9.59 Å². The molecule has 0 atom stereocenters. The number of hydrogen-bond acceptors (Lipinski definition) is 2. The Kier molecular flexibility index (Phi) is 13.5. The molecule has 0 aliphatic heterocycles. The second-order valence-corrected chi connectivity index (χ2v) is 0.610. The van der Waals surface area contributed by atoms with Gasteiger partial charge in [0.15, 0.2) is 0 Å². The molecule has 0 saturated carbocycles. The number of carboxylic acids is 2. The molecule has 8 heavy (non-hydrogen) atoms. The van der Waals surface area contributed by atoms with Crippen molar-refractivity contribution in [3.05, 3.63) is 0 Å².